The Morgan fingerprint density at radius 2 is 2.43 bits per heavy atom. The van der Waals surface area contributed by atoms with Crippen molar-refractivity contribution in [1.29, 1.82) is 0 Å². The molecule has 1 aliphatic heterocycles. The molecule has 0 bridgehead atoms. The van der Waals surface area contributed by atoms with Crippen LogP contribution in [-0.4, -0.2) is 17.5 Å². The van der Waals surface area contributed by atoms with E-state index in [9.17, 15) is 5.21 Å². The van der Waals surface area contributed by atoms with Crippen LogP contribution in [-0.2, 0) is 0 Å². The zero-order valence-corrected chi connectivity index (χ0v) is 4.00. The van der Waals surface area contributed by atoms with Gasteiger partial charge in [0, 0.05) is 6.42 Å². The first-order valence-corrected chi connectivity index (χ1v) is 2.33. The van der Waals surface area contributed by atoms with Crippen LogP contribution in [0.2, 0.25) is 0 Å². The minimum atomic E-state index is 0.622. The average molecular weight is 97.1 g/mol. The molecule has 0 aromatic heterocycles. The highest BCUT2D eigenvalue weighted by Crippen LogP contribution is 1.87. The van der Waals surface area contributed by atoms with Gasteiger partial charge in [0.15, 0.2) is 12.8 Å². The van der Waals surface area contributed by atoms with E-state index in [1.165, 1.54) is 6.21 Å². The highest BCUT2D eigenvalue weighted by Gasteiger charge is 1.91. The smallest absolute Gasteiger partial charge is 0.174 e. The molecule has 1 rings (SSSR count). The second-order valence-electron chi connectivity index (χ2n) is 1.51. The van der Waals surface area contributed by atoms with Crippen molar-refractivity contribution in [1.82, 2.24) is 0 Å². The molecule has 0 saturated heterocycles. The molecule has 38 valence electrons. The Morgan fingerprint density at radius 1 is 1.57 bits per heavy atom. The normalized spacial score (nSPS) is 19.1. The lowest BCUT2D eigenvalue weighted by molar-refractivity contribution is -0.452. The van der Waals surface area contributed by atoms with E-state index in [-0.39, 0.29) is 0 Å². The molecule has 0 radical (unpaired) electrons. The summed E-state index contributed by atoms with van der Waals surface area (Å²) in [7, 11) is 0. The van der Waals surface area contributed by atoms with E-state index in [0.29, 0.717) is 6.54 Å². The molecule has 2 heteroatoms. The molecule has 0 amide bonds. The Morgan fingerprint density at radius 3 is 2.71 bits per heavy atom. The van der Waals surface area contributed by atoms with E-state index in [4.69, 9.17) is 0 Å². The van der Waals surface area contributed by atoms with Gasteiger partial charge >= 0.3 is 0 Å². The first kappa shape index (κ1) is 4.37. The zero-order valence-electron chi connectivity index (χ0n) is 4.00. The fourth-order valence-electron chi connectivity index (χ4n) is 0.529. The Kier molecular flexibility index (Phi) is 1.11. The third-order valence-electron chi connectivity index (χ3n) is 0.905. The van der Waals surface area contributed by atoms with E-state index in [0.717, 1.165) is 11.2 Å². The maximum Gasteiger partial charge on any atom is 0.174 e. The van der Waals surface area contributed by atoms with Gasteiger partial charge in [0.05, 0.1) is 0 Å². The third-order valence-corrected chi connectivity index (χ3v) is 0.905. The molecule has 7 heavy (non-hydrogen) atoms. The first-order valence-electron chi connectivity index (χ1n) is 2.33. The lowest BCUT2D eigenvalue weighted by atomic mass is 10.3. The first-order chi connectivity index (χ1) is 3.39. The van der Waals surface area contributed by atoms with Crippen molar-refractivity contribution in [2.75, 3.05) is 6.54 Å². The van der Waals surface area contributed by atoms with E-state index in [1.54, 1.807) is 6.08 Å². The van der Waals surface area contributed by atoms with Gasteiger partial charge in [-0.05, 0) is 6.08 Å². The van der Waals surface area contributed by atoms with Crippen molar-refractivity contribution in [3.63, 3.8) is 0 Å². The van der Waals surface area contributed by atoms with Crippen LogP contribution < -0.4 is 0 Å². The summed E-state index contributed by atoms with van der Waals surface area (Å²) in [6.45, 7) is 0.622. The van der Waals surface area contributed by atoms with Gasteiger partial charge in [0.2, 0.25) is 0 Å². The predicted molar refractivity (Wildman–Crippen MR) is 28.3 cm³/mol. The van der Waals surface area contributed by atoms with Crippen LogP contribution >= 0.6 is 0 Å². The topological polar surface area (TPSA) is 26.1 Å². The van der Waals surface area contributed by atoms with Crippen molar-refractivity contribution >= 4 is 6.21 Å². The molecule has 0 unspecified atom stereocenters. The second-order valence-corrected chi connectivity index (χ2v) is 1.51. The fourth-order valence-corrected chi connectivity index (χ4v) is 0.529. The van der Waals surface area contributed by atoms with Gasteiger partial charge in [-0.3, -0.25) is 0 Å². The van der Waals surface area contributed by atoms with Crippen molar-refractivity contribution in [2.24, 2.45) is 0 Å². The van der Waals surface area contributed by atoms with Crippen molar-refractivity contribution in [3.05, 3.63) is 17.4 Å². The van der Waals surface area contributed by atoms with E-state index in [2.05, 4.69) is 0 Å². The van der Waals surface area contributed by atoms with Gasteiger partial charge in [0.25, 0.3) is 0 Å². The number of nitrogens with zero attached hydrogens (tertiary/aromatic N) is 1. The molecule has 0 N–H and O–H groups in total. The molecule has 0 atom stereocenters. The molecular formula is C5H7NO. The summed E-state index contributed by atoms with van der Waals surface area (Å²) in [5.74, 6) is 0. The summed E-state index contributed by atoms with van der Waals surface area (Å²) < 4.78 is 0.931. The van der Waals surface area contributed by atoms with Gasteiger partial charge in [0.1, 0.15) is 0 Å². The summed E-state index contributed by atoms with van der Waals surface area (Å²) in [5.41, 5.74) is 0. The highest BCUT2D eigenvalue weighted by atomic mass is 16.5. The van der Waals surface area contributed by atoms with Crippen LogP contribution in [0.1, 0.15) is 6.42 Å². The Bertz CT molecular complexity index is 115. The molecule has 0 aliphatic carbocycles. The number of hydrogen-bond donors (Lipinski definition) is 0. The van der Waals surface area contributed by atoms with Crippen LogP contribution in [0.15, 0.2) is 12.2 Å². The number of hydroxylamine groups is 1. The molecule has 1 heterocycles. The minimum Gasteiger partial charge on any atom is -0.624 e. The average Bonchev–Trinajstić information content (AvgIpc) is 1.69. The Balaban J connectivity index is 2.57. The number of rotatable bonds is 0. The summed E-state index contributed by atoms with van der Waals surface area (Å²) in [4.78, 5) is 0. The maximum absolute atomic E-state index is 10.3. The highest BCUT2D eigenvalue weighted by molar-refractivity contribution is 5.66. The lowest BCUT2D eigenvalue weighted by Crippen LogP contribution is -2.07. The van der Waals surface area contributed by atoms with Crippen molar-refractivity contribution in [3.8, 4) is 0 Å². The molecule has 1 aliphatic rings. The van der Waals surface area contributed by atoms with Gasteiger partial charge < -0.3 is 5.21 Å². The van der Waals surface area contributed by atoms with Crippen LogP contribution in [0, 0.1) is 5.21 Å². The number of hydrogen-bond acceptors (Lipinski definition) is 1. The zero-order chi connectivity index (χ0) is 5.11. The van der Waals surface area contributed by atoms with Crippen molar-refractivity contribution < 1.29 is 4.74 Å². The predicted octanol–water partition coefficient (Wildman–Crippen LogP) is 0.527. The molecule has 0 spiro atoms. The fraction of sp³-hybridized carbons (Fsp3) is 0.400. The van der Waals surface area contributed by atoms with Crippen LogP contribution in [0.4, 0.5) is 0 Å². The molecule has 0 aromatic rings. The Labute approximate surface area is 42.4 Å². The summed E-state index contributed by atoms with van der Waals surface area (Å²) in [6, 6.07) is 0. The van der Waals surface area contributed by atoms with Gasteiger partial charge in [-0.15, -0.1) is 0 Å². The third kappa shape index (κ3) is 1.03. The molecule has 2 nitrogen and oxygen atoms in total. The van der Waals surface area contributed by atoms with Crippen LogP contribution in [0.5, 0.6) is 0 Å². The quantitative estimate of drug-likeness (QED) is 0.320. The monoisotopic (exact) mass is 97.1 g/mol. The summed E-state index contributed by atoms with van der Waals surface area (Å²) in [6.07, 6.45) is 6.18. The minimum absolute atomic E-state index is 0.622. The van der Waals surface area contributed by atoms with Gasteiger partial charge in [-0.2, -0.15) is 0 Å². The van der Waals surface area contributed by atoms with Crippen LogP contribution in [0.3, 0.4) is 0 Å². The largest absolute Gasteiger partial charge is 0.624 e. The van der Waals surface area contributed by atoms with Gasteiger partial charge in [-0.1, -0.05) is 6.08 Å². The molecular weight excluding hydrogens is 90.1 g/mol. The second kappa shape index (κ2) is 1.78. The van der Waals surface area contributed by atoms with E-state index >= 15 is 0 Å². The molecule has 0 aromatic carbocycles. The number of allylic oxidation sites excluding steroid dienone is 1. The molecule has 0 saturated carbocycles. The lowest BCUT2D eigenvalue weighted by Gasteiger charge is -2.01. The van der Waals surface area contributed by atoms with Crippen LogP contribution in [0.25, 0.3) is 0 Å². The summed E-state index contributed by atoms with van der Waals surface area (Å²) in [5, 5.41) is 10.3. The maximum atomic E-state index is 10.3. The van der Waals surface area contributed by atoms with Crippen molar-refractivity contribution in [2.45, 2.75) is 6.42 Å². The SMILES string of the molecule is [O-][N+]1=CC=CCC1. The summed E-state index contributed by atoms with van der Waals surface area (Å²) >= 11 is 0. The van der Waals surface area contributed by atoms with E-state index in [1.807, 2.05) is 6.08 Å². The van der Waals surface area contributed by atoms with E-state index < -0.39 is 0 Å². The van der Waals surface area contributed by atoms with Gasteiger partial charge in [-0.25, -0.2) is 4.74 Å². The Hall–Kier alpha value is -0.790. The molecule has 0 fully saturated rings. The standard InChI is InChI=1S/C5H7NO/c7-6-4-2-1-3-5-6/h1-2,4H,3,5H2.